The van der Waals surface area contributed by atoms with E-state index >= 15 is 0 Å². The third-order valence-corrected chi connectivity index (χ3v) is 3.95. The molecule has 0 aliphatic heterocycles. The highest BCUT2D eigenvalue weighted by atomic mass is 35.5. The summed E-state index contributed by atoms with van der Waals surface area (Å²) in [5.74, 6) is -0.0538. The normalized spacial score (nSPS) is 11.2. The molecule has 22 heavy (non-hydrogen) atoms. The zero-order valence-corrected chi connectivity index (χ0v) is 12.8. The second kappa shape index (κ2) is 5.91. The summed E-state index contributed by atoms with van der Waals surface area (Å²) in [5.41, 5.74) is 0.201. The topological polar surface area (TPSA) is 107 Å². The van der Waals surface area contributed by atoms with E-state index in [2.05, 4.69) is 0 Å². The van der Waals surface area contributed by atoms with E-state index in [-0.39, 0.29) is 26.9 Å². The molecule has 7 nitrogen and oxygen atoms in total. The largest absolute Gasteiger partial charge is 0.490 e. The zero-order chi connectivity index (χ0) is 16.5. The predicted molar refractivity (Wildman–Crippen MR) is 79.9 cm³/mol. The highest BCUT2D eigenvalue weighted by Crippen LogP contribution is 2.40. The molecule has 0 radical (unpaired) electrons. The van der Waals surface area contributed by atoms with Crippen molar-refractivity contribution < 1.29 is 22.6 Å². The van der Waals surface area contributed by atoms with Gasteiger partial charge in [0.05, 0.1) is 16.9 Å². The van der Waals surface area contributed by atoms with Gasteiger partial charge in [0.1, 0.15) is 0 Å². The Morgan fingerprint density at radius 2 is 1.95 bits per heavy atom. The molecule has 1 N–H and O–H groups in total. The molecule has 0 bridgehead atoms. The molecule has 0 spiro atoms. The quantitative estimate of drug-likeness (QED) is 0.519. The van der Waals surface area contributed by atoms with Crippen LogP contribution in [0, 0.1) is 10.1 Å². The van der Waals surface area contributed by atoms with E-state index in [1.807, 2.05) is 0 Å². The van der Waals surface area contributed by atoms with E-state index in [1.54, 1.807) is 0 Å². The molecule has 0 saturated heterocycles. The number of methoxy groups -OCH3 is 1. The van der Waals surface area contributed by atoms with Crippen LogP contribution in [-0.2, 0) is 10.1 Å². The van der Waals surface area contributed by atoms with Crippen LogP contribution in [0.15, 0.2) is 41.3 Å². The molecule has 0 aliphatic carbocycles. The van der Waals surface area contributed by atoms with Crippen LogP contribution in [0.4, 0.5) is 5.69 Å². The van der Waals surface area contributed by atoms with Crippen LogP contribution in [0.25, 0.3) is 11.1 Å². The van der Waals surface area contributed by atoms with Gasteiger partial charge >= 0.3 is 5.69 Å². The summed E-state index contributed by atoms with van der Waals surface area (Å²) in [6.07, 6.45) is 0. The van der Waals surface area contributed by atoms with Crippen molar-refractivity contribution >= 4 is 27.4 Å². The highest BCUT2D eigenvalue weighted by Gasteiger charge is 2.22. The van der Waals surface area contributed by atoms with E-state index in [9.17, 15) is 18.5 Å². The van der Waals surface area contributed by atoms with Crippen LogP contribution in [-0.4, -0.2) is 25.0 Å². The van der Waals surface area contributed by atoms with Gasteiger partial charge in [0, 0.05) is 16.7 Å². The number of halogens is 1. The van der Waals surface area contributed by atoms with E-state index in [0.717, 1.165) is 6.07 Å². The fourth-order valence-corrected chi connectivity index (χ4v) is 2.71. The Balaban J connectivity index is 2.75. The van der Waals surface area contributed by atoms with Crippen LogP contribution >= 0.6 is 11.6 Å². The maximum atomic E-state index is 11.2. The first kappa shape index (κ1) is 16.2. The summed E-state index contributed by atoms with van der Waals surface area (Å²) in [7, 11) is -3.14. The van der Waals surface area contributed by atoms with Gasteiger partial charge in [-0.05, 0) is 23.8 Å². The Bertz CT molecular complexity index is 850. The van der Waals surface area contributed by atoms with Gasteiger partial charge in [0.2, 0.25) is 5.75 Å². The van der Waals surface area contributed by atoms with Crippen LogP contribution < -0.4 is 4.74 Å². The van der Waals surface area contributed by atoms with Crippen molar-refractivity contribution in [2.45, 2.75) is 4.90 Å². The fraction of sp³-hybridized carbons (Fsp3) is 0.0769. The molecule has 2 aromatic carbocycles. The van der Waals surface area contributed by atoms with Crippen molar-refractivity contribution in [2.24, 2.45) is 0 Å². The Kier molecular flexibility index (Phi) is 4.36. The average Bonchev–Trinajstić information content (AvgIpc) is 2.45. The molecule has 0 aromatic heterocycles. The van der Waals surface area contributed by atoms with Gasteiger partial charge in [-0.2, -0.15) is 8.42 Å². The molecule has 0 fully saturated rings. The van der Waals surface area contributed by atoms with Crippen LogP contribution in [0.2, 0.25) is 5.02 Å². The standard InChI is InChI=1S/C13H10ClNO6S/c1-21-13-11(6-9(14)7-12(13)15(16)17)8-3-2-4-10(5-8)22(18,19)20/h2-7H,1H3,(H,18,19,20). The van der Waals surface area contributed by atoms with Crippen molar-refractivity contribution in [1.29, 1.82) is 0 Å². The Morgan fingerprint density at radius 1 is 1.27 bits per heavy atom. The Labute approximate surface area is 131 Å². The first-order chi connectivity index (χ1) is 10.2. The molecule has 0 aliphatic rings. The maximum absolute atomic E-state index is 11.2. The highest BCUT2D eigenvalue weighted by molar-refractivity contribution is 7.85. The molecule has 0 unspecified atom stereocenters. The molecule has 9 heteroatoms. The lowest BCUT2D eigenvalue weighted by Gasteiger charge is -2.10. The van der Waals surface area contributed by atoms with Crippen molar-refractivity contribution in [3.8, 4) is 16.9 Å². The minimum absolute atomic E-state index is 0.0538. The van der Waals surface area contributed by atoms with Gasteiger partial charge < -0.3 is 4.74 Å². The summed E-state index contributed by atoms with van der Waals surface area (Å²) in [6.45, 7) is 0. The van der Waals surface area contributed by atoms with Gasteiger partial charge in [-0.1, -0.05) is 23.7 Å². The first-order valence-corrected chi connectivity index (χ1v) is 7.65. The molecule has 2 rings (SSSR count). The number of nitro benzene ring substituents is 1. The number of rotatable bonds is 4. The molecular formula is C13H10ClNO6S. The van der Waals surface area contributed by atoms with Gasteiger partial charge in [-0.15, -0.1) is 0 Å². The minimum atomic E-state index is -4.40. The molecular weight excluding hydrogens is 334 g/mol. The lowest BCUT2D eigenvalue weighted by molar-refractivity contribution is -0.385. The number of hydrogen-bond donors (Lipinski definition) is 1. The number of nitro groups is 1. The lowest BCUT2D eigenvalue weighted by atomic mass is 10.0. The SMILES string of the molecule is COc1c(-c2cccc(S(=O)(=O)O)c2)cc(Cl)cc1[N+](=O)[O-]. The predicted octanol–water partition coefficient (Wildman–Crippen LogP) is 3.17. The third-order valence-electron chi connectivity index (χ3n) is 2.88. The molecule has 0 heterocycles. The second-order valence-corrected chi connectivity index (χ2v) is 6.12. The van der Waals surface area contributed by atoms with Crippen LogP contribution in [0.3, 0.4) is 0 Å². The molecule has 0 atom stereocenters. The van der Waals surface area contributed by atoms with Crippen molar-refractivity contribution in [3.05, 3.63) is 51.5 Å². The summed E-state index contributed by atoms with van der Waals surface area (Å²) in [4.78, 5) is 10.1. The number of ether oxygens (including phenoxy) is 1. The average molecular weight is 344 g/mol. The molecule has 2 aromatic rings. The summed E-state index contributed by atoms with van der Waals surface area (Å²) >= 11 is 5.87. The van der Waals surface area contributed by atoms with E-state index < -0.39 is 15.0 Å². The van der Waals surface area contributed by atoms with Crippen molar-refractivity contribution in [1.82, 2.24) is 0 Å². The van der Waals surface area contributed by atoms with Gasteiger partial charge in [-0.25, -0.2) is 0 Å². The summed E-state index contributed by atoms with van der Waals surface area (Å²) < 4.78 is 36.6. The van der Waals surface area contributed by atoms with Gasteiger partial charge in [0.15, 0.2) is 0 Å². The minimum Gasteiger partial charge on any atom is -0.490 e. The molecule has 116 valence electrons. The summed E-state index contributed by atoms with van der Waals surface area (Å²) in [5, 5.41) is 11.2. The molecule has 0 amide bonds. The molecule has 0 saturated carbocycles. The Morgan fingerprint density at radius 3 is 2.50 bits per heavy atom. The fourth-order valence-electron chi connectivity index (χ4n) is 1.97. The maximum Gasteiger partial charge on any atom is 0.313 e. The zero-order valence-electron chi connectivity index (χ0n) is 11.2. The first-order valence-electron chi connectivity index (χ1n) is 5.84. The van der Waals surface area contributed by atoms with Crippen molar-refractivity contribution in [2.75, 3.05) is 7.11 Å². The van der Waals surface area contributed by atoms with E-state index in [4.69, 9.17) is 20.9 Å². The van der Waals surface area contributed by atoms with Crippen LogP contribution in [0.1, 0.15) is 0 Å². The van der Waals surface area contributed by atoms with Gasteiger partial charge in [0.25, 0.3) is 10.1 Å². The summed E-state index contributed by atoms with van der Waals surface area (Å²) in [6, 6.07) is 7.84. The van der Waals surface area contributed by atoms with Gasteiger partial charge in [-0.3, -0.25) is 14.7 Å². The smallest absolute Gasteiger partial charge is 0.313 e. The second-order valence-electron chi connectivity index (χ2n) is 4.27. The number of nitrogens with zero attached hydrogens (tertiary/aromatic N) is 1. The Hall–Kier alpha value is -2.16. The lowest BCUT2D eigenvalue weighted by Crippen LogP contribution is -1.99. The number of hydrogen-bond acceptors (Lipinski definition) is 5. The monoisotopic (exact) mass is 343 g/mol. The van der Waals surface area contributed by atoms with Crippen molar-refractivity contribution in [3.63, 3.8) is 0 Å². The van der Waals surface area contributed by atoms with E-state index in [1.165, 1.54) is 37.4 Å². The van der Waals surface area contributed by atoms with E-state index in [0.29, 0.717) is 5.56 Å². The number of benzene rings is 2. The van der Waals surface area contributed by atoms with Crippen LogP contribution in [0.5, 0.6) is 5.75 Å². The third kappa shape index (κ3) is 3.19.